The summed E-state index contributed by atoms with van der Waals surface area (Å²) in [7, 11) is 0. The summed E-state index contributed by atoms with van der Waals surface area (Å²) in [6.07, 6.45) is 2.30. The van der Waals surface area contributed by atoms with Gasteiger partial charge >= 0.3 is 0 Å². The highest BCUT2D eigenvalue weighted by Crippen LogP contribution is 2.21. The average molecular weight is 383 g/mol. The van der Waals surface area contributed by atoms with Crippen molar-refractivity contribution in [2.75, 3.05) is 54.6 Å². The van der Waals surface area contributed by atoms with Crippen LogP contribution in [0.5, 0.6) is 5.75 Å². The molecule has 28 heavy (non-hydrogen) atoms. The van der Waals surface area contributed by atoms with Crippen LogP contribution >= 0.6 is 0 Å². The number of aromatic nitrogens is 3. The fraction of sp³-hybridized carbons (Fsp3) is 0.474. The summed E-state index contributed by atoms with van der Waals surface area (Å²) < 4.78 is 5.44. The minimum Gasteiger partial charge on any atom is -0.508 e. The smallest absolute Gasteiger partial charge is 0.250 e. The fourth-order valence-corrected chi connectivity index (χ4v) is 3.27. The molecule has 148 valence electrons. The van der Waals surface area contributed by atoms with Crippen molar-refractivity contribution in [1.82, 2.24) is 15.0 Å². The summed E-state index contributed by atoms with van der Waals surface area (Å²) in [6.45, 7) is 6.68. The van der Waals surface area contributed by atoms with E-state index < -0.39 is 0 Å². The van der Waals surface area contributed by atoms with Crippen LogP contribution < -0.4 is 15.2 Å². The molecule has 2 aliphatic rings. The summed E-state index contributed by atoms with van der Waals surface area (Å²) in [5.41, 5.74) is 4.66. The molecule has 0 unspecified atom stereocenters. The second-order valence-corrected chi connectivity index (χ2v) is 6.91. The molecule has 2 N–H and O–H groups in total. The Balaban J connectivity index is 1.58. The number of hydrogen-bond donors (Lipinski definition) is 2. The van der Waals surface area contributed by atoms with E-state index in [0.717, 1.165) is 50.3 Å². The number of rotatable bonds is 5. The maximum atomic E-state index is 9.43. The normalized spacial score (nSPS) is 17.8. The van der Waals surface area contributed by atoms with E-state index in [9.17, 15) is 5.11 Å². The number of aromatic hydroxyl groups is 1. The van der Waals surface area contributed by atoms with Crippen molar-refractivity contribution in [3.8, 4) is 5.75 Å². The van der Waals surface area contributed by atoms with Crippen LogP contribution in [0.4, 0.5) is 17.8 Å². The summed E-state index contributed by atoms with van der Waals surface area (Å²) in [4.78, 5) is 18.1. The lowest BCUT2D eigenvalue weighted by Crippen LogP contribution is -2.38. The Labute approximate surface area is 164 Å². The molecule has 0 radical (unpaired) electrons. The second-order valence-electron chi connectivity index (χ2n) is 6.91. The van der Waals surface area contributed by atoms with Gasteiger partial charge in [0.1, 0.15) is 5.75 Å². The van der Waals surface area contributed by atoms with Gasteiger partial charge in [0, 0.05) is 26.2 Å². The molecule has 0 spiro atoms. The summed E-state index contributed by atoms with van der Waals surface area (Å²) in [5, 5.41) is 13.9. The molecule has 2 saturated heterocycles. The number of phenolic OH excluding ortho intramolecular Hbond substituents is 1. The molecule has 2 fully saturated rings. The van der Waals surface area contributed by atoms with E-state index in [4.69, 9.17) is 9.72 Å². The molecule has 0 bridgehead atoms. The molecule has 9 nitrogen and oxygen atoms in total. The molecule has 2 aromatic rings. The van der Waals surface area contributed by atoms with Gasteiger partial charge in [-0.25, -0.2) is 5.43 Å². The van der Waals surface area contributed by atoms with Crippen molar-refractivity contribution < 1.29 is 9.84 Å². The van der Waals surface area contributed by atoms with Crippen LogP contribution in [-0.4, -0.2) is 65.2 Å². The zero-order valence-electron chi connectivity index (χ0n) is 16.0. The predicted octanol–water partition coefficient (Wildman–Crippen LogP) is 1.85. The Morgan fingerprint density at radius 3 is 2.21 bits per heavy atom. The highest BCUT2D eigenvalue weighted by molar-refractivity contribution is 5.99. The van der Waals surface area contributed by atoms with Crippen LogP contribution in [0.3, 0.4) is 0 Å². The van der Waals surface area contributed by atoms with Gasteiger partial charge in [-0.1, -0.05) is 0 Å². The lowest BCUT2D eigenvalue weighted by molar-refractivity contribution is 0.122. The minimum absolute atomic E-state index is 0.229. The monoisotopic (exact) mass is 383 g/mol. The average Bonchev–Trinajstić information content (AvgIpc) is 3.28. The summed E-state index contributed by atoms with van der Waals surface area (Å²) in [6, 6.07) is 6.91. The molecule has 0 saturated carbocycles. The van der Waals surface area contributed by atoms with E-state index in [1.165, 1.54) is 0 Å². The fourth-order valence-electron chi connectivity index (χ4n) is 3.27. The van der Waals surface area contributed by atoms with Gasteiger partial charge in [0.2, 0.25) is 17.8 Å². The van der Waals surface area contributed by atoms with Gasteiger partial charge in [0.25, 0.3) is 0 Å². The third-order valence-electron chi connectivity index (χ3n) is 4.90. The van der Waals surface area contributed by atoms with Crippen molar-refractivity contribution in [2.24, 2.45) is 5.10 Å². The first-order valence-electron chi connectivity index (χ1n) is 9.62. The van der Waals surface area contributed by atoms with Crippen molar-refractivity contribution >= 4 is 23.6 Å². The van der Waals surface area contributed by atoms with Crippen LogP contribution in [0.25, 0.3) is 0 Å². The van der Waals surface area contributed by atoms with Crippen molar-refractivity contribution in [2.45, 2.75) is 19.8 Å². The molecular formula is C19H25N7O2. The number of ether oxygens (including phenoxy) is 1. The molecule has 1 aromatic carbocycles. The SMILES string of the molecule is C/C(=N/Nc1nc(N2CCCC2)nc(N2CCOCC2)n1)c1ccc(O)cc1. The van der Waals surface area contributed by atoms with Gasteiger partial charge in [-0.05, 0) is 49.6 Å². The lowest BCUT2D eigenvalue weighted by Gasteiger charge is -2.27. The highest BCUT2D eigenvalue weighted by Gasteiger charge is 2.21. The molecule has 0 amide bonds. The zero-order valence-corrected chi connectivity index (χ0v) is 16.0. The van der Waals surface area contributed by atoms with Crippen LogP contribution in [0.2, 0.25) is 0 Å². The molecule has 1 aromatic heterocycles. The van der Waals surface area contributed by atoms with Gasteiger partial charge in [0.05, 0.1) is 18.9 Å². The Morgan fingerprint density at radius 2 is 1.57 bits per heavy atom. The molecule has 0 aliphatic carbocycles. The van der Waals surface area contributed by atoms with Gasteiger partial charge in [-0.2, -0.15) is 20.1 Å². The largest absolute Gasteiger partial charge is 0.508 e. The number of hydrazone groups is 1. The first-order valence-corrected chi connectivity index (χ1v) is 9.62. The van der Waals surface area contributed by atoms with E-state index in [1.807, 2.05) is 19.1 Å². The zero-order chi connectivity index (χ0) is 19.3. The molecule has 0 atom stereocenters. The molecule has 2 aliphatic heterocycles. The van der Waals surface area contributed by atoms with E-state index in [1.54, 1.807) is 12.1 Å². The number of morpholine rings is 1. The number of hydrogen-bond acceptors (Lipinski definition) is 9. The van der Waals surface area contributed by atoms with Crippen LogP contribution in [-0.2, 0) is 4.74 Å². The Bertz CT molecular complexity index is 829. The van der Waals surface area contributed by atoms with Gasteiger partial charge in [0.15, 0.2) is 0 Å². The van der Waals surface area contributed by atoms with Gasteiger partial charge in [-0.15, -0.1) is 0 Å². The van der Waals surface area contributed by atoms with E-state index >= 15 is 0 Å². The van der Waals surface area contributed by atoms with Gasteiger partial charge < -0.3 is 19.6 Å². The van der Waals surface area contributed by atoms with Gasteiger partial charge in [-0.3, -0.25) is 0 Å². The lowest BCUT2D eigenvalue weighted by atomic mass is 10.1. The quantitative estimate of drug-likeness (QED) is 0.596. The third kappa shape index (κ3) is 4.30. The maximum Gasteiger partial charge on any atom is 0.250 e. The summed E-state index contributed by atoms with van der Waals surface area (Å²) >= 11 is 0. The first kappa shape index (κ1) is 18.4. The number of nitrogens with one attached hydrogen (secondary N) is 1. The predicted molar refractivity (Wildman–Crippen MR) is 108 cm³/mol. The second kappa shape index (κ2) is 8.39. The maximum absolute atomic E-state index is 9.43. The van der Waals surface area contributed by atoms with Crippen molar-refractivity contribution in [1.29, 1.82) is 0 Å². The van der Waals surface area contributed by atoms with E-state index in [0.29, 0.717) is 31.1 Å². The third-order valence-corrected chi connectivity index (χ3v) is 4.90. The summed E-state index contributed by atoms with van der Waals surface area (Å²) in [5.74, 6) is 2.00. The first-order chi connectivity index (χ1) is 13.7. The standard InChI is InChI=1S/C19H25N7O2/c1-14(15-4-6-16(27)7-5-15)23-24-17-20-18(25-8-2-3-9-25)22-19(21-17)26-10-12-28-13-11-26/h4-7,27H,2-3,8-13H2,1H3,(H,20,21,22,24)/b23-14-. The number of anilines is 3. The number of phenols is 1. The molecule has 4 rings (SSSR count). The van der Waals surface area contributed by atoms with E-state index in [2.05, 4.69) is 30.3 Å². The minimum atomic E-state index is 0.229. The number of benzene rings is 1. The Hall–Kier alpha value is -2.94. The molecule has 9 heteroatoms. The van der Waals surface area contributed by atoms with Crippen LogP contribution in [0.1, 0.15) is 25.3 Å². The Kier molecular flexibility index (Phi) is 5.52. The highest BCUT2D eigenvalue weighted by atomic mass is 16.5. The topological polar surface area (TPSA) is 99.0 Å². The van der Waals surface area contributed by atoms with Crippen molar-refractivity contribution in [3.63, 3.8) is 0 Å². The van der Waals surface area contributed by atoms with Crippen LogP contribution in [0.15, 0.2) is 29.4 Å². The number of nitrogens with zero attached hydrogens (tertiary/aromatic N) is 6. The molecular weight excluding hydrogens is 358 g/mol. The molecule has 3 heterocycles. The Morgan fingerprint density at radius 1 is 0.964 bits per heavy atom. The van der Waals surface area contributed by atoms with Crippen LogP contribution in [0, 0.1) is 0 Å². The van der Waals surface area contributed by atoms with Crippen molar-refractivity contribution in [3.05, 3.63) is 29.8 Å². The van der Waals surface area contributed by atoms with E-state index in [-0.39, 0.29) is 5.75 Å².